The van der Waals surface area contributed by atoms with E-state index in [0.29, 0.717) is 17.8 Å². The summed E-state index contributed by atoms with van der Waals surface area (Å²) in [6.45, 7) is 7.52. The van der Waals surface area contributed by atoms with Crippen molar-refractivity contribution in [1.82, 2.24) is 9.97 Å². The van der Waals surface area contributed by atoms with Crippen molar-refractivity contribution in [2.24, 2.45) is 5.92 Å². The van der Waals surface area contributed by atoms with Crippen LogP contribution in [0.5, 0.6) is 0 Å². The van der Waals surface area contributed by atoms with Crippen LogP contribution in [-0.4, -0.2) is 22.6 Å². The van der Waals surface area contributed by atoms with E-state index in [1.807, 2.05) is 13.0 Å². The summed E-state index contributed by atoms with van der Waals surface area (Å²) in [5.41, 5.74) is 5.77. The third-order valence-electron chi connectivity index (χ3n) is 3.51. The fourth-order valence-electron chi connectivity index (χ4n) is 2.38. The molecule has 1 aromatic rings. The van der Waals surface area contributed by atoms with Gasteiger partial charge in [0.15, 0.2) is 0 Å². The van der Waals surface area contributed by atoms with Gasteiger partial charge in [-0.2, -0.15) is 0 Å². The summed E-state index contributed by atoms with van der Waals surface area (Å²) in [5.74, 6) is 3.00. The van der Waals surface area contributed by atoms with Gasteiger partial charge in [-0.1, -0.05) is 6.92 Å². The zero-order valence-electron chi connectivity index (χ0n) is 10.3. The molecule has 88 valence electrons. The lowest BCUT2D eigenvalue weighted by molar-refractivity contribution is 0.361. The standard InChI is InChI=1S/C12H20N4/c1-8-5-4-6-16(9(8)2)12-7-11(13)14-10(3)15-12/h7-9H,4-6H2,1-3H3,(H2,13,14,15). The van der Waals surface area contributed by atoms with Gasteiger partial charge in [0.05, 0.1) is 0 Å². The van der Waals surface area contributed by atoms with Gasteiger partial charge in [0, 0.05) is 18.7 Å². The highest BCUT2D eigenvalue weighted by Crippen LogP contribution is 2.27. The molecule has 2 rings (SSSR count). The van der Waals surface area contributed by atoms with Gasteiger partial charge in [-0.3, -0.25) is 0 Å². The highest BCUT2D eigenvalue weighted by atomic mass is 15.2. The summed E-state index contributed by atoms with van der Waals surface area (Å²) in [7, 11) is 0. The molecule has 0 radical (unpaired) electrons. The van der Waals surface area contributed by atoms with Crippen LogP contribution in [0.25, 0.3) is 0 Å². The fourth-order valence-corrected chi connectivity index (χ4v) is 2.38. The molecule has 1 aliphatic rings. The molecule has 16 heavy (non-hydrogen) atoms. The summed E-state index contributed by atoms with van der Waals surface area (Å²) in [4.78, 5) is 10.9. The van der Waals surface area contributed by atoms with Gasteiger partial charge in [0.2, 0.25) is 0 Å². The normalized spacial score (nSPS) is 25.8. The average molecular weight is 220 g/mol. The van der Waals surface area contributed by atoms with Crippen molar-refractivity contribution in [2.45, 2.75) is 39.7 Å². The largest absolute Gasteiger partial charge is 0.384 e. The number of nitrogens with zero attached hydrogens (tertiary/aromatic N) is 3. The Morgan fingerprint density at radius 1 is 1.38 bits per heavy atom. The van der Waals surface area contributed by atoms with Crippen LogP contribution in [0.2, 0.25) is 0 Å². The SMILES string of the molecule is Cc1nc(N)cc(N2CCCC(C)C2C)n1. The number of anilines is 2. The van der Waals surface area contributed by atoms with E-state index in [1.54, 1.807) is 0 Å². The Kier molecular flexibility index (Phi) is 2.99. The molecule has 4 nitrogen and oxygen atoms in total. The van der Waals surface area contributed by atoms with E-state index >= 15 is 0 Å². The molecule has 0 saturated carbocycles. The molecule has 1 aliphatic heterocycles. The number of hydrogen-bond donors (Lipinski definition) is 1. The van der Waals surface area contributed by atoms with Gasteiger partial charge < -0.3 is 10.6 Å². The fraction of sp³-hybridized carbons (Fsp3) is 0.667. The van der Waals surface area contributed by atoms with Gasteiger partial charge in [0.1, 0.15) is 17.5 Å². The molecule has 2 heterocycles. The van der Waals surface area contributed by atoms with E-state index in [0.717, 1.165) is 18.2 Å². The maximum atomic E-state index is 5.77. The predicted molar refractivity (Wildman–Crippen MR) is 66.4 cm³/mol. The van der Waals surface area contributed by atoms with E-state index in [4.69, 9.17) is 5.73 Å². The molecule has 0 spiro atoms. The first kappa shape index (κ1) is 11.2. The average Bonchev–Trinajstić information content (AvgIpc) is 2.20. The molecule has 2 unspecified atom stereocenters. The van der Waals surface area contributed by atoms with Crippen molar-refractivity contribution in [3.8, 4) is 0 Å². The zero-order chi connectivity index (χ0) is 11.7. The maximum absolute atomic E-state index is 5.77. The van der Waals surface area contributed by atoms with Gasteiger partial charge >= 0.3 is 0 Å². The van der Waals surface area contributed by atoms with Gasteiger partial charge in [-0.15, -0.1) is 0 Å². The lowest BCUT2D eigenvalue weighted by Gasteiger charge is -2.38. The van der Waals surface area contributed by atoms with Gasteiger partial charge in [0.25, 0.3) is 0 Å². The smallest absolute Gasteiger partial charge is 0.134 e. The second kappa shape index (κ2) is 4.28. The lowest BCUT2D eigenvalue weighted by Crippen LogP contribution is -2.43. The van der Waals surface area contributed by atoms with Crippen molar-refractivity contribution in [2.75, 3.05) is 17.2 Å². The van der Waals surface area contributed by atoms with Crippen LogP contribution in [0.15, 0.2) is 6.07 Å². The maximum Gasteiger partial charge on any atom is 0.134 e. The Balaban J connectivity index is 2.28. The quantitative estimate of drug-likeness (QED) is 0.786. The third kappa shape index (κ3) is 2.10. The molecule has 2 N–H and O–H groups in total. The summed E-state index contributed by atoms with van der Waals surface area (Å²) >= 11 is 0. The lowest BCUT2D eigenvalue weighted by atomic mass is 9.92. The minimum absolute atomic E-state index is 0.530. The monoisotopic (exact) mass is 220 g/mol. The van der Waals surface area contributed by atoms with Crippen LogP contribution < -0.4 is 10.6 Å². The number of hydrogen-bond acceptors (Lipinski definition) is 4. The highest BCUT2D eigenvalue weighted by molar-refractivity contribution is 5.48. The first-order valence-electron chi connectivity index (χ1n) is 5.95. The van der Waals surface area contributed by atoms with Crippen LogP contribution in [0.3, 0.4) is 0 Å². The number of aryl methyl sites for hydroxylation is 1. The molecule has 0 aromatic carbocycles. The van der Waals surface area contributed by atoms with Crippen molar-refractivity contribution >= 4 is 11.6 Å². The van der Waals surface area contributed by atoms with E-state index in [1.165, 1.54) is 12.8 Å². The molecule has 1 saturated heterocycles. The summed E-state index contributed by atoms with van der Waals surface area (Å²) in [6, 6.07) is 2.41. The Bertz CT molecular complexity index is 357. The summed E-state index contributed by atoms with van der Waals surface area (Å²) in [5, 5.41) is 0. The van der Waals surface area contributed by atoms with Crippen LogP contribution in [0, 0.1) is 12.8 Å². The highest BCUT2D eigenvalue weighted by Gasteiger charge is 2.25. The first-order chi connectivity index (χ1) is 7.58. The van der Waals surface area contributed by atoms with E-state index in [2.05, 4.69) is 28.7 Å². The Labute approximate surface area is 96.9 Å². The van der Waals surface area contributed by atoms with Gasteiger partial charge in [-0.05, 0) is 32.6 Å². The molecule has 1 fully saturated rings. The second-order valence-electron chi connectivity index (χ2n) is 4.75. The zero-order valence-corrected chi connectivity index (χ0v) is 10.3. The molecule has 0 bridgehead atoms. The summed E-state index contributed by atoms with van der Waals surface area (Å²) in [6.07, 6.45) is 2.53. The molecule has 1 aromatic heterocycles. The first-order valence-corrected chi connectivity index (χ1v) is 5.95. The predicted octanol–water partition coefficient (Wildman–Crippen LogP) is 1.99. The van der Waals surface area contributed by atoms with Crippen LogP contribution in [0.1, 0.15) is 32.5 Å². The third-order valence-corrected chi connectivity index (χ3v) is 3.51. The molecule has 4 heteroatoms. The van der Waals surface area contributed by atoms with Crippen LogP contribution in [-0.2, 0) is 0 Å². The topological polar surface area (TPSA) is 55.0 Å². The van der Waals surface area contributed by atoms with Crippen molar-refractivity contribution in [3.63, 3.8) is 0 Å². The Morgan fingerprint density at radius 2 is 2.12 bits per heavy atom. The van der Waals surface area contributed by atoms with Crippen molar-refractivity contribution < 1.29 is 0 Å². The minimum Gasteiger partial charge on any atom is -0.384 e. The second-order valence-corrected chi connectivity index (χ2v) is 4.75. The van der Waals surface area contributed by atoms with Crippen LogP contribution >= 0.6 is 0 Å². The Hall–Kier alpha value is -1.32. The van der Waals surface area contributed by atoms with E-state index in [-0.39, 0.29) is 0 Å². The molecule has 0 aliphatic carbocycles. The minimum atomic E-state index is 0.530. The molecule has 2 atom stereocenters. The molecular formula is C12H20N4. The number of nitrogen functional groups attached to an aromatic ring is 1. The number of aromatic nitrogens is 2. The number of piperidine rings is 1. The van der Waals surface area contributed by atoms with Gasteiger partial charge in [-0.25, -0.2) is 9.97 Å². The van der Waals surface area contributed by atoms with E-state index in [9.17, 15) is 0 Å². The summed E-state index contributed by atoms with van der Waals surface area (Å²) < 4.78 is 0. The van der Waals surface area contributed by atoms with Crippen molar-refractivity contribution in [1.29, 1.82) is 0 Å². The molecular weight excluding hydrogens is 200 g/mol. The molecule has 0 amide bonds. The number of nitrogens with two attached hydrogens (primary N) is 1. The Morgan fingerprint density at radius 3 is 2.81 bits per heavy atom. The van der Waals surface area contributed by atoms with Crippen LogP contribution in [0.4, 0.5) is 11.6 Å². The van der Waals surface area contributed by atoms with Crippen molar-refractivity contribution in [3.05, 3.63) is 11.9 Å². The number of rotatable bonds is 1. The van der Waals surface area contributed by atoms with E-state index < -0.39 is 0 Å².